The second-order valence-corrected chi connectivity index (χ2v) is 5.77. The summed E-state index contributed by atoms with van der Waals surface area (Å²) in [6, 6.07) is 15.4. The Kier molecular flexibility index (Phi) is 5.21. The first kappa shape index (κ1) is 16.1. The summed E-state index contributed by atoms with van der Waals surface area (Å²) in [5, 5.41) is 9.49. The fourth-order valence-electron chi connectivity index (χ4n) is 2.44. The first-order valence-corrected chi connectivity index (χ1v) is 7.52. The van der Waals surface area contributed by atoms with E-state index >= 15 is 0 Å². The van der Waals surface area contributed by atoms with Crippen molar-refractivity contribution in [1.29, 1.82) is 0 Å². The highest BCUT2D eigenvalue weighted by molar-refractivity contribution is 5.73. The van der Waals surface area contributed by atoms with Crippen molar-refractivity contribution in [2.45, 2.75) is 39.2 Å². The van der Waals surface area contributed by atoms with E-state index in [1.807, 2.05) is 55.5 Å². The minimum atomic E-state index is -0.943. The quantitative estimate of drug-likeness (QED) is 0.869. The Hall–Kier alpha value is -2.29. The van der Waals surface area contributed by atoms with Gasteiger partial charge in [-0.2, -0.15) is 0 Å². The van der Waals surface area contributed by atoms with Crippen LogP contribution in [0.25, 0.3) is 0 Å². The zero-order chi connectivity index (χ0) is 16.1. The molecule has 0 saturated carbocycles. The summed E-state index contributed by atoms with van der Waals surface area (Å²) in [6.45, 7) is 6.12. The lowest BCUT2D eigenvalue weighted by atomic mass is 10.0. The van der Waals surface area contributed by atoms with Crippen molar-refractivity contribution >= 4 is 5.97 Å². The summed E-state index contributed by atoms with van der Waals surface area (Å²) in [5.41, 5.74) is 3.10. The minimum absolute atomic E-state index is 0.282. The molecule has 2 aromatic carbocycles. The van der Waals surface area contributed by atoms with Crippen molar-refractivity contribution in [2.75, 3.05) is 0 Å². The average Bonchev–Trinajstić information content (AvgIpc) is 2.49. The van der Waals surface area contributed by atoms with E-state index < -0.39 is 12.1 Å². The van der Waals surface area contributed by atoms with Crippen LogP contribution in [0.3, 0.4) is 0 Å². The van der Waals surface area contributed by atoms with E-state index in [1.54, 1.807) is 0 Å². The van der Waals surface area contributed by atoms with Crippen LogP contribution in [0.15, 0.2) is 48.5 Å². The number of rotatable bonds is 6. The van der Waals surface area contributed by atoms with Crippen LogP contribution in [-0.4, -0.2) is 17.2 Å². The summed E-state index contributed by atoms with van der Waals surface area (Å²) in [4.78, 5) is 11.6. The molecule has 0 spiro atoms. The van der Waals surface area contributed by atoms with Gasteiger partial charge in [0.15, 0.2) is 6.10 Å². The maximum Gasteiger partial charge on any atom is 0.345 e. The topological polar surface area (TPSA) is 46.5 Å². The summed E-state index contributed by atoms with van der Waals surface area (Å²) in [6.07, 6.45) is -0.532. The van der Waals surface area contributed by atoms with Gasteiger partial charge < -0.3 is 9.84 Å². The van der Waals surface area contributed by atoms with E-state index in [2.05, 4.69) is 13.8 Å². The van der Waals surface area contributed by atoms with Crippen LogP contribution >= 0.6 is 0 Å². The number of benzene rings is 2. The molecular formula is C19H22O3. The van der Waals surface area contributed by atoms with Crippen LogP contribution in [0.2, 0.25) is 0 Å². The van der Waals surface area contributed by atoms with Crippen molar-refractivity contribution in [3.05, 3.63) is 65.2 Å². The molecule has 1 atom stereocenters. The van der Waals surface area contributed by atoms with Gasteiger partial charge in [-0.05, 0) is 35.6 Å². The third-order valence-electron chi connectivity index (χ3n) is 3.75. The van der Waals surface area contributed by atoms with Crippen molar-refractivity contribution < 1.29 is 14.6 Å². The Morgan fingerprint density at radius 3 is 2.36 bits per heavy atom. The van der Waals surface area contributed by atoms with E-state index in [0.29, 0.717) is 12.2 Å². The molecule has 2 rings (SSSR count). The number of carbonyl (C=O) groups is 1. The number of ether oxygens (including phenoxy) is 1. The molecule has 3 heteroatoms. The van der Waals surface area contributed by atoms with Gasteiger partial charge in [-0.25, -0.2) is 4.79 Å². The third kappa shape index (κ3) is 3.88. The van der Waals surface area contributed by atoms with Gasteiger partial charge in [0, 0.05) is 6.42 Å². The van der Waals surface area contributed by atoms with E-state index in [4.69, 9.17) is 4.74 Å². The SMILES string of the molecule is Cc1ccccc1C[C@H](Oc1ccccc1C(C)C)C(=O)O. The monoisotopic (exact) mass is 298 g/mol. The molecule has 0 unspecified atom stereocenters. The molecule has 0 saturated heterocycles. The van der Waals surface area contributed by atoms with Crippen LogP contribution < -0.4 is 4.74 Å². The van der Waals surface area contributed by atoms with E-state index in [-0.39, 0.29) is 5.92 Å². The third-order valence-corrected chi connectivity index (χ3v) is 3.75. The maximum atomic E-state index is 11.6. The molecule has 0 fully saturated rings. The normalized spacial score (nSPS) is 12.2. The zero-order valence-electron chi connectivity index (χ0n) is 13.2. The second-order valence-electron chi connectivity index (χ2n) is 5.77. The standard InChI is InChI=1S/C19H22O3/c1-13(2)16-10-6-7-11-17(16)22-18(19(20)21)12-15-9-5-4-8-14(15)3/h4-11,13,18H,12H2,1-3H3,(H,20,21)/t18-/m0/s1. The fourth-order valence-corrected chi connectivity index (χ4v) is 2.44. The predicted molar refractivity (Wildman–Crippen MR) is 87.5 cm³/mol. The summed E-state index contributed by atoms with van der Waals surface area (Å²) in [7, 11) is 0. The molecule has 0 amide bonds. The lowest BCUT2D eigenvalue weighted by Crippen LogP contribution is -2.30. The van der Waals surface area contributed by atoms with Gasteiger partial charge in [0.05, 0.1) is 0 Å². The summed E-state index contributed by atoms with van der Waals surface area (Å²) in [5.74, 6) is -0.00981. The first-order valence-electron chi connectivity index (χ1n) is 7.52. The number of carboxylic acid groups (broad SMARTS) is 1. The van der Waals surface area contributed by atoms with Gasteiger partial charge >= 0.3 is 5.97 Å². The van der Waals surface area contributed by atoms with E-state index in [0.717, 1.165) is 16.7 Å². The minimum Gasteiger partial charge on any atom is -0.478 e. The van der Waals surface area contributed by atoms with Gasteiger partial charge in [-0.1, -0.05) is 56.3 Å². The smallest absolute Gasteiger partial charge is 0.345 e. The Balaban J connectivity index is 2.24. The van der Waals surface area contributed by atoms with Gasteiger partial charge in [-0.3, -0.25) is 0 Å². The van der Waals surface area contributed by atoms with Gasteiger partial charge in [0.2, 0.25) is 0 Å². The average molecular weight is 298 g/mol. The summed E-state index contributed by atoms with van der Waals surface area (Å²) >= 11 is 0. The fraction of sp³-hybridized carbons (Fsp3) is 0.316. The number of hydrogen-bond donors (Lipinski definition) is 1. The lowest BCUT2D eigenvalue weighted by molar-refractivity contribution is -0.145. The Morgan fingerprint density at radius 2 is 1.73 bits per heavy atom. The molecule has 2 aromatic rings. The van der Waals surface area contributed by atoms with Crippen molar-refractivity contribution in [3.8, 4) is 5.75 Å². The number of aryl methyl sites for hydroxylation is 1. The van der Waals surface area contributed by atoms with Crippen molar-refractivity contribution in [1.82, 2.24) is 0 Å². The van der Waals surface area contributed by atoms with Gasteiger partial charge in [-0.15, -0.1) is 0 Å². The zero-order valence-corrected chi connectivity index (χ0v) is 13.2. The summed E-state index contributed by atoms with van der Waals surface area (Å²) < 4.78 is 5.83. The Labute approximate surface area is 131 Å². The highest BCUT2D eigenvalue weighted by Gasteiger charge is 2.22. The molecule has 0 radical (unpaired) electrons. The molecule has 0 heterocycles. The predicted octanol–water partition coefficient (Wildman–Crippen LogP) is 4.19. The molecule has 1 N–H and O–H groups in total. The highest BCUT2D eigenvalue weighted by Crippen LogP contribution is 2.27. The molecule has 3 nitrogen and oxygen atoms in total. The lowest BCUT2D eigenvalue weighted by Gasteiger charge is -2.20. The molecule has 0 aliphatic carbocycles. The molecule has 0 aliphatic rings. The van der Waals surface area contributed by atoms with E-state index in [1.165, 1.54) is 0 Å². The number of para-hydroxylation sites is 1. The maximum absolute atomic E-state index is 11.6. The first-order chi connectivity index (χ1) is 10.5. The molecule has 0 aromatic heterocycles. The Bertz CT molecular complexity index is 647. The van der Waals surface area contributed by atoms with Gasteiger partial charge in [0.25, 0.3) is 0 Å². The van der Waals surface area contributed by atoms with Crippen LogP contribution in [-0.2, 0) is 11.2 Å². The van der Waals surface area contributed by atoms with Crippen LogP contribution in [0.5, 0.6) is 5.75 Å². The van der Waals surface area contributed by atoms with E-state index in [9.17, 15) is 9.90 Å². The molecule has 0 aliphatic heterocycles. The molecular weight excluding hydrogens is 276 g/mol. The molecule has 0 bridgehead atoms. The molecule has 116 valence electrons. The van der Waals surface area contributed by atoms with Crippen molar-refractivity contribution in [2.24, 2.45) is 0 Å². The number of hydrogen-bond acceptors (Lipinski definition) is 2. The molecule has 22 heavy (non-hydrogen) atoms. The number of aliphatic carboxylic acids is 1. The Morgan fingerprint density at radius 1 is 1.09 bits per heavy atom. The van der Waals surface area contributed by atoms with Crippen LogP contribution in [0.1, 0.15) is 36.5 Å². The van der Waals surface area contributed by atoms with Crippen molar-refractivity contribution in [3.63, 3.8) is 0 Å². The van der Waals surface area contributed by atoms with Crippen LogP contribution in [0.4, 0.5) is 0 Å². The largest absolute Gasteiger partial charge is 0.478 e. The highest BCUT2D eigenvalue weighted by atomic mass is 16.5. The van der Waals surface area contributed by atoms with Gasteiger partial charge in [0.1, 0.15) is 5.75 Å². The van der Waals surface area contributed by atoms with Crippen LogP contribution in [0, 0.1) is 6.92 Å². The second kappa shape index (κ2) is 7.12. The number of carboxylic acids is 1.